The topological polar surface area (TPSA) is 87.5 Å². The van der Waals surface area contributed by atoms with Crippen molar-refractivity contribution in [3.05, 3.63) is 71.8 Å². The standard InChI is InChI=1S/C17H16N2O4S/c18-11-12-24(21,22)19(13-15-7-3-1-4-8-15)17(20)23-14-16-9-5-2-6-10-16/h1-10H,12-14H2. The molecular weight excluding hydrogens is 328 g/mol. The van der Waals surface area contributed by atoms with Crippen LogP contribution in [0.5, 0.6) is 0 Å². The second-order valence-electron chi connectivity index (χ2n) is 4.95. The van der Waals surface area contributed by atoms with Crippen molar-refractivity contribution in [2.24, 2.45) is 0 Å². The number of benzene rings is 2. The second-order valence-corrected chi connectivity index (χ2v) is 6.84. The van der Waals surface area contributed by atoms with Gasteiger partial charge in [-0.2, -0.15) is 9.57 Å². The number of nitrogens with zero attached hydrogens (tertiary/aromatic N) is 2. The molecule has 7 heteroatoms. The van der Waals surface area contributed by atoms with Crippen molar-refractivity contribution in [1.29, 1.82) is 5.26 Å². The van der Waals surface area contributed by atoms with Gasteiger partial charge >= 0.3 is 6.09 Å². The van der Waals surface area contributed by atoms with Crippen LogP contribution in [0.3, 0.4) is 0 Å². The van der Waals surface area contributed by atoms with E-state index in [1.165, 1.54) is 0 Å². The fourth-order valence-electron chi connectivity index (χ4n) is 1.98. The highest BCUT2D eigenvalue weighted by molar-refractivity contribution is 7.89. The van der Waals surface area contributed by atoms with Crippen molar-refractivity contribution >= 4 is 16.1 Å². The molecule has 0 aliphatic carbocycles. The Hall–Kier alpha value is -2.85. The van der Waals surface area contributed by atoms with Crippen LogP contribution in [0.1, 0.15) is 11.1 Å². The molecule has 124 valence electrons. The van der Waals surface area contributed by atoms with Crippen LogP contribution in [-0.2, 0) is 27.9 Å². The van der Waals surface area contributed by atoms with Crippen molar-refractivity contribution < 1.29 is 17.9 Å². The molecule has 2 aromatic rings. The van der Waals surface area contributed by atoms with E-state index in [9.17, 15) is 13.2 Å². The number of nitriles is 1. The van der Waals surface area contributed by atoms with E-state index >= 15 is 0 Å². The van der Waals surface area contributed by atoms with Crippen molar-refractivity contribution in [3.63, 3.8) is 0 Å². The fourth-order valence-corrected chi connectivity index (χ4v) is 2.92. The molecule has 0 bridgehead atoms. The third-order valence-corrected chi connectivity index (χ3v) is 4.60. The fraction of sp³-hybridized carbons (Fsp3) is 0.176. The summed E-state index contributed by atoms with van der Waals surface area (Å²) in [4.78, 5) is 12.3. The summed E-state index contributed by atoms with van der Waals surface area (Å²) in [6.07, 6.45) is -1.00. The van der Waals surface area contributed by atoms with Gasteiger partial charge in [0.1, 0.15) is 6.61 Å². The molecule has 0 saturated heterocycles. The molecule has 0 aromatic heterocycles. The van der Waals surface area contributed by atoms with Gasteiger partial charge in [0, 0.05) is 0 Å². The first kappa shape index (κ1) is 17.5. The Morgan fingerprint density at radius 1 is 1.00 bits per heavy atom. The number of sulfonamides is 1. The largest absolute Gasteiger partial charge is 0.444 e. The number of rotatable bonds is 6. The van der Waals surface area contributed by atoms with Crippen LogP contribution in [0.4, 0.5) is 4.79 Å². The van der Waals surface area contributed by atoms with Crippen molar-refractivity contribution in [2.45, 2.75) is 13.2 Å². The summed E-state index contributed by atoms with van der Waals surface area (Å²) in [7, 11) is -4.08. The maximum absolute atomic E-state index is 12.3. The maximum atomic E-state index is 12.3. The van der Waals surface area contributed by atoms with E-state index in [2.05, 4.69) is 0 Å². The van der Waals surface area contributed by atoms with E-state index in [-0.39, 0.29) is 13.2 Å². The molecule has 2 rings (SSSR count). The molecule has 0 unspecified atom stereocenters. The van der Waals surface area contributed by atoms with Gasteiger partial charge in [-0.15, -0.1) is 0 Å². The van der Waals surface area contributed by atoms with Gasteiger partial charge in [0.25, 0.3) is 10.0 Å². The molecule has 0 aliphatic rings. The Labute approximate surface area is 141 Å². The smallest absolute Gasteiger partial charge is 0.424 e. The molecule has 1 amide bonds. The third-order valence-electron chi connectivity index (χ3n) is 3.16. The predicted molar refractivity (Wildman–Crippen MR) is 88.0 cm³/mol. The van der Waals surface area contributed by atoms with Crippen LogP contribution in [0.15, 0.2) is 60.7 Å². The molecule has 0 saturated carbocycles. The summed E-state index contributed by atoms with van der Waals surface area (Å²) < 4.78 is 30.1. The summed E-state index contributed by atoms with van der Waals surface area (Å²) in [5.41, 5.74) is 1.36. The van der Waals surface area contributed by atoms with Gasteiger partial charge in [-0.3, -0.25) is 0 Å². The quantitative estimate of drug-likeness (QED) is 0.804. The van der Waals surface area contributed by atoms with Crippen LogP contribution in [-0.4, -0.2) is 24.6 Å². The van der Waals surface area contributed by atoms with E-state index in [1.807, 2.05) is 6.07 Å². The summed E-state index contributed by atoms with van der Waals surface area (Å²) in [6.45, 7) is -0.231. The first-order valence-electron chi connectivity index (χ1n) is 7.15. The Morgan fingerprint density at radius 2 is 1.54 bits per heavy atom. The van der Waals surface area contributed by atoms with E-state index in [0.717, 1.165) is 5.56 Å². The minimum Gasteiger partial charge on any atom is -0.444 e. The first-order valence-corrected chi connectivity index (χ1v) is 8.76. The molecule has 0 atom stereocenters. The lowest BCUT2D eigenvalue weighted by atomic mass is 10.2. The lowest BCUT2D eigenvalue weighted by molar-refractivity contribution is 0.117. The van der Waals surface area contributed by atoms with Gasteiger partial charge in [-0.05, 0) is 11.1 Å². The molecule has 6 nitrogen and oxygen atoms in total. The zero-order valence-electron chi connectivity index (χ0n) is 12.8. The van der Waals surface area contributed by atoms with E-state index in [1.54, 1.807) is 60.7 Å². The first-order chi connectivity index (χ1) is 11.5. The number of carbonyl (C=O) groups excluding carboxylic acids is 1. The summed E-state index contributed by atoms with van der Waals surface area (Å²) in [5, 5.41) is 8.70. The minimum atomic E-state index is -4.08. The Morgan fingerprint density at radius 3 is 2.08 bits per heavy atom. The summed E-state index contributed by atoms with van der Waals surface area (Å²) in [6, 6.07) is 19.1. The normalized spacial score (nSPS) is 10.6. The molecule has 0 heterocycles. The summed E-state index contributed by atoms with van der Waals surface area (Å²) in [5.74, 6) is -0.791. The van der Waals surface area contributed by atoms with E-state index < -0.39 is 21.9 Å². The van der Waals surface area contributed by atoms with Crippen molar-refractivity contribution in [3.8, 4) is 6.07 Å². The molecule has 0 fully saturated rings. The molecule has 24 heavy (non-hydrogen) atoms. The average molecular weight is 344 g/mol. The van der Waals surface area contributed by atoms with E-state index in [4.69, 9.17) is 10.00 Å². The Bertz CT molecular complexity index is 815. The lowest BCUT2D eigenvalue weighted by Gasteiger charge is -2.20. The van der Waals surface area contributed by atoms with Crippen LogP contribution >= 0.6 is 0 Å². The highest BCUT2D eigenvalue weighted by Gasteiger charge is 2.29. The number of amides is 1. The van der Waals surface area contributed by atoms with Gasteiger partial charge in [-0.1, -0.05) is 60.7 Å². The number of carbonyl (C=O) groups is 1. The maximum Gasteiger partial charge on any atom is 0.424 e. The molecule has 0 aliphatic heterocycles. The van der Waals surface area contributed by atoms with E-state index in [0.29, 0.717) is 9.87 Å². The Kier molecular flexibility index (Phi) is 5.93. The van der Waals surface area contributed by atoms with Gasteiger partial charge in [0.15, 0.2) is 5.75 Å². The predicted octanol–water partition coefficient (Wildman–Crippen LogP) is 2.68. The highest BCUT2D eigenvalue weighted by Crippen LogP contribution is 2.13. The molecular formula is C17H16N2O4S. The van der Waals surface area contributed by atoms with Crippen molar-refractivity contribution in [2.75, 3.05) is 5.75 Å². The van der Waals surface area contributed by atoms with Gasteiger partial charge in [0.2, 0.25) is 0 Å². The molecule has 0 spiro atoms. The average Bonchev–Trinajstić information content (AvgIpc) is 2.59. The number of hydrogen-bond donors (Lipinski definition) is 0. The molecule has 0 N–H and O–H groups in total. The van der Waals surface area contributed by atoms with Gasteiger partial charge in [-0.25, -0.2) is 13.2 Å². The zero-order chi connectivity index (χ0) is 17.4. The Balaban J connectivity index is 2.15. The van der Waals surface area contributed by atoms with Crippen LogP contribution in [0, 0.1) is 11.3 Å². The SMILES string of the molecule is N#CCS(=O)(=O)N(Cc1ccccc1)C(=O)OCc1ccccc1. The van der Waals surface area contributed by atoms with Gasteiger partial charge < -0.3 is 4.74 Å². The highest BCUT2D eigenvalue weighted by atomic mass is 32.2. The van der Waals surface area contributed by atoms with Gasteiger partial charge in [0.05, 0.1) is 12.6 Å². The monoisotopic (exact) mass is 344 g/mol. The lowest BCUT2D eigenvalue weighted by Crippen LogP contribution is -2.38. The number of hydrogen-bond acceptors (Lipinski definition) is 5. The summed E-state index contributed by atoms with van der Waals surface area (Å²) >= 11 is 0. The van der Waals surface area contributed by atoms with Crippen LogP contribution in [0.25, 0.3) is 0 Å². The van der Waals surface area contributed by atoms with Crippen molar-refractivity contribution in [1.82, 2.24) is 4.31 Å². The molecule has 0 radical (unpaired) electrons. The van der Waals surface area contributed by atoms with Crippen LogP contribution in [0.2, 0.25) is 0 Å². The van der Waals surface area contributed by atoms with Crippen LogP contribution < -0.4 is 0 Å². The molecule has 2 aromatic carbocycles. The second kappa shape index (κ2) is 8.13. The number of ether oxygens (including phenoxy) is 1. The zero-order valence-corrected chi connectivity index (χ0v) is 13.6. The third kappa shape index (κ3) is 4.83. The minimum absolute atomic E-state index is 0.0486.